The number of esters is 1. The van der Waals surface area contributed by atoms with E-state index >= 15 is 0 Å². The summed E-state index contributed by atoms with van der Waals surface area (Å²) in [4.78, 5) is 40.8. The van der Waals surface area contributed by atoms with Crippen LogP contribution in [-0.4, -0.2) is 29.9 Å². The van der Waals surface area contributed by atoms with Gasteiger partial charge in [0.25, 0.3) is 5.91 Å². The summed E-state index contributed by atoms with van der Waals surface area (Å²) < 4.78 is 4.75. The van der Waals surface area contributed by atoms with E-state index in [1.54, 1.807) is 60.7 Å². The Hall–Kier alpha value is -3.71. The number of nitrogens with zero attached hydrogens (tertiary/aromatic N) is 1. The average molecular weight is 424 g/mol. The number of anilines is 2. The van der Waals surface area contributed by atoms with Gasteiger partial charge in [-0.25, -0.2) is 9.78 Å². The number of nitrogens with one attached hydrogen (secondary N) is 2. The van der Waals surface area contributed by atoms with E-state index in [4.69, 9.17) is 16.3 Å². The second-order valence-corrected chi connectivity index (χ2v) is 6.71. The smallest absolute Gasteiger partial charge is 0.338 e. The minimum atomic E-state index is -0.507. The fourth-order valence-electron chi connectivity index (χ4n) is 2.74. The van der Waals surface area contributed by atoms with Crippen molar-refractivity contribution < 1.29 is 19.1 Å². The predicted molar refractivity (Wildman–Crippen MR) is 114 cm³/mol. The number of carbonyl (C=O) groups excluding carboxylic acids is 3. The number of aromatic nitrogens is 1. The molecule has 3 aromatic rings. The highest BCUT2D eigenvalue weighted by Crippen LogP contribution is 2.16. The lowest BCUT2D eigenvalue weighted by molar-refractivity contribution is -0.115. The molecule has 0 bridgehead atoms. The van der Waals surface area contributed by atoms with Gasteiger partial charge in [-0.2, -0.15) is 0 Å². The molecule has 2 amide bonds. The van der Waals surface area contributed by atoms with Gasteiger partial charge in [0, 0.05) is 17.4 Å². The normalized spacial score (nSPS) is 10.2. The van der Waals surface area contributed by atoms with E-state index < -0.39 is 5.97 Å². The Morgan fingerprint density at radius 1 is 1.00 bits per heavy atom. The van der Waals surface area contributed by atoms with Crippen LogP contribution in [-0.2, 0) is 16.0 Å². The molecule has 1 heterocycles. The molecule has 1 aromatic heterocycles. The Labute approximate surface area is 178 Å². The number of ether oxygens (including phenoxy) is 1. The topological polar surface area (TPSA) is 97.4 Å². The summed E-state index contributed by atoms with van der Waals surface area (Å²) in [6.07, 6.45) is 1.41. The van der Waals surface area contributed by atoms with Gasteiger partial charge in [0.15, 0.2) is 0 Å². The van der Waals surface area contributed by atoms with Crippen molar-refractivity contribution in [1.29, 1.82) is 0 Å². The first-order valence-electron chi connectivity index (χ1n) is 8.95. The lowest BCUT2D eigenvalue weighted by Gasteiger charge is -2.10. The molecular formula is C22H18ClN3O4. The van der Waals surface area contributed by atoms with Gasteiger partial charge in [-0.3, -0.25) is 9.59 Å². The lowest BCUT2D eigenvalue weighted by atomic mass is 10.0. The number of rotatable bonds is 6. The van der Waals surface area contributed by atoms with Crippen LogP contribution in [0.4, 0.5) is 11.5 Å². The van der Waals surface area contributed by atoms with Gasteiger partial charge in [-0.15, -0.1) is 0 Å². The van der Waals surface area contributed by atoms with Gasteiger partial charge < -0.3 is 15.4 Å². The molecule has 152 valence electrons. The van der Waals surface area contributed by atoms with Crippen LogP contribution in [0.3, 0.4) is 0 Å². The number of halogens is 1. The van der Waals surface area contributed by atoms with Crippen LogP contribution < -0.4 is 10.6 Å². The maximum absolute atomic E-state index is 12.5. The third-order valence-electron chi connectivity index (χ3n) is 4.15. The van der Waals surface area contributed by atoms with E-state index in [1.807, 2.05) is 0 Å². The summed E-state index contributed by atoms with van der Waals surface area (Å²) in [6.45, 7) is 0. The van der Waals surface area contributed by atoms with Crippen LogP contribution >= 0.6 is 11.6 Å². The van der Waals surface area contributed by atoms with E-state index in [0.717, 1.165) is 0 Å². The molecule has 0 fully saturated rings. The Balaban J connectivity index is 1.68. The number of benzene rings is 2. The number of methoxy groups -OCH3 is 1. The average Bonchev–Trinajstić information content (AvgIpc) is 2.75. The molecule has 0 saturated carbocycles. The third kappa shape index (κ3) is 5.42. The molecule has 0 saturated heterocycles. The van der Waals surface area contributed by atoms with Crippen LogP contribution in [0.2, 0.25) is 5.02 Å². The van der Waals surface area contributed by atoms with E-state index in [1.165, 1.54) is 13.3 Å². The van der Waals surface area contributed by atoms with Crippen LogP contribution in [0.25, 0.3) is 0 Å². The van der Waals surface area contributed by atoms with Gasteiger partial charge in [0.1, 0.15) is 5.82 Å². The van der Waals surface area contributed by atoms with E-state index in [-0.39, 0.29) is 18.2 Å². The zero-order valence-corrected chi connectivity index (χ0v) is 16.8. The van der Waals surface area contributed by atoms with E-state index in [2.05, 4.69) is 15.6 Å². The highest BCUT2D eigenvalue weighted by molar-refractivity contribution is 6.30. The van der Waals surface area contributed by atoms with Crippen LogP contribution in [0, 0.1) is 0 Å². The molecule has 30 heavy (non-hydrogen) atoms. The maximum Gasteiger partial charge on any atom is 0.338 e. The van der Waals surface area contributed by atoms with Gasteiger partial charge in [0.2, 0.25) is 5.91 Å². The van der Waals surface area contributed by atoms with Crippen LogP contribution in [0.1, 0.15) is 26.3 Å². The quantitative estimate of drug-likeness (QED) is 0.585. The molecule has 0 spiro atoms. The van der Waals surface area contributed by atoms with Crippen molar-refractivity contribution in [2.75, 3.05) is 17.7 Å². The molecule has 7 nitrogen and oxygen atoms in total. The fourth-order valence-corrected chi connectivity index (χ4v) is 2.85. The third-order valence-corrected chi connectivity index (χ3v) is 4.37. The van der Waals surface area contributed by atoms with Crippen molar-refractivity contribution in [2.24, 2.45) is 0 Å². The van der Waals surface area contributed by atoms with Crippen LogP contribution in [0.5, 0.6) is 0 Å². The van der Waals surface area contributed by atoms with E-state index in [9.17, 15) is 14.4 Å². The zero-order valence-electron chi connectivity index (χ0n) is 16.0. The molecule has 2 aromatic carbocycles. The molecule has 0 aliphatic rings. The molecular weight excluding hydrogens is 406 g/mol. The highest BCUT2D eigenvalue weighted by atomic mass is 35.5. The summed E-state index contributed by atoms with van der Waals surface area (Å²) in [6, 6.07) is 16.4. The summed E-state index contributed by atoms with van der Waals surface area (Å²) in [5, 5.41) is 5.86. The van der Waals surface area contributed by atoms with Gasteiger partial charge in [0.05, 0.1) is 24.1 Å². The van der Waals surface area contributed by atoms with Crippen LogP contribution in [0.15, 0.2) is 66.9 Å². The number of carbonyl (C=O) groups is 3. The molecule has 0 radical (unpaired) electrons. The number of amides is 2. The van der Waals surface area contributed by atoms with E-state index in [0.29, 0.717) is 33.2 Å². The van der Waals surface area contributed by atoms with Gasteiger partial charge in [-0.1, -0.05) is 35.9 Å². The Morgan fingerprint density at radius 2 is 1.80 bits per heavy atom. The summed E-state index contributed by atoms with van der Waals surface area (Å²) in [7, 11) is 1.29. The predicted octanol–water partition coefficient (Wildman–Crippen LogP) is 3.96. The van der Waals surface area contributed by atoms with Crippen molar-refractivity contribution in [3.63, 3.8) is 0 Å². The number of hydrogen-bond donors (Lipinski definition) is 2. The van der Waals surface area contributed by atoms with Crippen molar-refractivity contribution in [1.82, 2.24) is 4.98 Å². The molecule has 3 rings (SSSR count). The van der Waals surface area contributed by atoms with Crippen molar-refractivity contribution in [2.45, 2.75) is 6.42 Å². The van der Waals surface area contributed by atoms with Crippen molar-refractivity contribution in [3.05, 3.63) is 88.6 Å². The summed E-state index contributed by atoms with van der Waals surface area (Å²) in [5.41, 5.74) is 1.68. The first-order chi connectivity index (χ1) is 14.5. The maximum atomic E-state index is 12.5. The number of pyridine rings is 1. The van der Waals surface area contributed by atoms with Gasteiger partial charge in [-0.05, 0) is 42.0 Å². The second kappa shape index (κ2) is 9.67. The monoisotopic (exact) mass is 423 g/mol. The summed E-state index contributed by atoms with van der Waals surface area (Å²) >= 11 is 5.79. The Morgan fingerprint density at radius 3 is 2.53 bits per heavy atom. The number of hydrogen-bond acceptors (Lipinski definition) is 5. The van der Waals surface area contributed by atoms with Crippen molar-refractivity contribution >= 4 is 40.9 Å². The Kier molecular flexibility index (Phi) is 6.77. The second-order valence-electron chi connectivity index (χ2n) is 6.27. The summed E-state index contributed by atoms with van der Waals surface area (Å²) in [5.74, 6) is -0.855. The largest absolute Gasteiger partial charge is 0.465 e. The highest BCUT2D eigenvalue weighted by Gasteiger charge is 2.14. The molecule has 0 unspecified atom stereocenters. The molecule has 0 aliphatic carbocycles. The zero-order chi connectivity index (χ0) is 21.5. The SMILES string of the molecule is COC(=O)c1ccccc1CC(=O)Nc1cccc(C(=O)Nc2ccc(Cl)cn2)c1. The Bertz CT molecular complexity index is 1080. The lowest BCUT2D eigenvalue weighted by Crippen LogP contribution is -2.18. The standard InChI is InChI=1S/C22H18ClN3O4/c1-30-22(29)18-8-3-2-5-14(18)12-20(27)25-17-7-4-6-15(11-17)21(28)26-19-10-9-16(23)13-24-19/h2-11,13H,12H2,1H3,(H,25,27)(H,24,26,28). The fraction of sp³-hybridized carbons (Fsp3) is 0.0909. The van der Waals surface area contributed by atoms with Gasteiger partial charge >= 0.3 is 5.97 Å². The molecule has 8 heteroatoms. The molecule has 0 aliphatic heterocycles. The minimum Gasteiger partial charge on any atom is -0.465 e. The minimum absolute atomic E-state index is 0.0175. The molecule has 0 atom stereocenters. The first-order valence-corrected chi connectivity index (χ1v) is 9.33. The molecule has 2 N–H and O–H groups in total. The van der Waals surface area contributed by atoms with Crippen molar-refractivity contribution in [3.8, 4) is 0 Å². The first kappa shape index (κ1) is 21.0.